The van der Waals surface area contributed by atoms with Crippen molar-refractivity contribution < 1.29 is 0 Å². The lowest BCUT2D eigenvalue weighted by Crippen LogP contribution is -2.35. The Labute approximate surface area is 102 Å². The van der Waals surface area contributed by atoms with Gasteiger partial charge in [0, 0.05) is 13.1 Å². The zero-order valence-corrected chi connectivity index (χ0v) is 10.7. The number of halogens is 1. The average Bonchev–Trinajstić information content (AvgIpc) is 2.76. The molecule has 1 aliphatic heterocycles. The van der Waals surface area contributed by atoms with Crippen molar-refractivity contribution in [3.63, 3.8) is 0 Å². The highest BCUT2D eigenvalue weighted by molar-refractivity contribution is 5.85. The van der Waals surface area contributed by atoms with Gasteiger partial charge in [-0.05, 0) is 25.4 Å². The molecule has 1 saturated heterocycles. The fourth-order valence-electron chi connectivity index (χ4n) is 2.27. The molecule has 16 heavy (non-hydrogen) atoms. The quantitative estimate of drug-likeness (QED) is 0.818. The summed E-state index contributed by atoms with van der Waals surface area (Å²) in [5, 5.41) is 10.2. The van der Waals surface area contributed by atoms with E-state index < -0.39 is 0 Å². The van der Waals surface area contributed by atoms with Crippen LogP contribution < -0.4 is 5.32 Å². The van der Waals surface area contributed by atoms with E-state index in [9.17, 15) is 0 Å². The predicted octanol–water partition coefficient (Wildman–Crippen LogP) is 0.658. The van der Waals surface area contributed by atoms with Crippen molar-refractivity contribution in [1.82, 2.24) is 25.4 Å². The van der Waals surface area contributed by atoms with E-state index in [1.807, 2.05) is 0 Å². The van der Waals surface area contributed by atoms with Gasteiger partial charge in [-0.1, -0.05) is 6.92 Å². The average molecular weight is 246 g/mol. The van der Waals surface area contributed by atoms with Crippen molar-refractivity contribution in [2.75, 3.05) is 26.7 Å². The maximum atomic E-state index is 4.13. The summed E-state index contributed by atoms with van der Waals surface area (Å²) in [6, 6.07) is 0. The van der Waals surface area contributed by atoms with Gasteiger partial charge in [0.1, 0.15) is 12.2 Å². The third kappa shape index (κ3) is 3.43. The number of aromatic nitrogens is 3. The zero-order chi connectivity index (χ0) is 10.7. The molecule has 92 valence electrons. The van der Waals surface area contributed by atoms with Crippen LogP contribution in [0.1, 0.15) is 19.2 Å². The van der Waals surface area contributed by atoms with Gasteiger partial charge in [0.2, 0.25) is 0 Å². The third-order valence-electron chi connectivity index (χ3n) is 2.99. The zero-order valence-electron chi connectivity index (χ0n) is 9.86. The molecule has 0 spiro atoms. The number of rotatable bonds is 4. The van der Waals surface area contributed by atoms with Crippen LogP contribution in [0.4, 0.5) is 0 Å². The molecule has 1 unspecified atom stereocenters. The highest BCUT2D eigenvalue weighted by Gasteiger charge is 2.29. The topological polar surface area (TPSA) is 56.8 Å². The van der Waals surface area contributed by atoms with Gasteiger partial charge in [-0.3, -0.25) is 10.00 Å². The molecule has 1 aromatic heterocycles. The van der Waals surface area contributed by atoms with Gasteiger partial charge in [-0.25, -0.2) is 4.98 Å². The Morgan fingerprint density at radius 3 is 2.94 bits per heavy atom. The molecule has 2 rings (SSSR count). The number of nitrogens with one attached hydrogen (secondary N) is 2. The van der Waals surface area contributed by atoms with Crippen LogP contribution in [-0.4, -0.2) is 46.8 Å². The summed E-state index contributed by atoms with van der Waals surface area (Å²) in [5.41, 5.74) is 0.411. The van der Waals surface area contributed by atoms with Gasteiger partial charge < -0.3 is 5.32 Å². The van der Waals surface area contributed by atoms with Gasteiger partial charge in [0.05, 0.1) is 6.54 Å². The van der Waals surface area contributed by atoms with Crippen LogP contribution in [0.25, 0.3) is 0 Å². The summed E-state index contributed by atoms with van der Waals surface area (Å²) in [7, 11) is 2.13. The van der Waals surface area contributed by atoms with Crippen LogP contribution in [0.2, 0.25) is 0 Å². The van der Waals surface area contributed by atoms with Crippen LogP contribution in [0.5, 0.6) is 0 Å². The van der Waals surface area contributed by atoms with Crippen LogP contribution in [-0.2, 0) is 6.54 Å². The van der Waals surface area contributed by atoms with Gasteiger partial charge in [0.15, 0.2) is 0 Å². The maximum absolute atomic E-state index is 4.13. The van der Waals surface area contributed by atoms with E-state index in [0.29, 0.717) is 5.41 Å². The number of nitrogens with zero attached hydrogens (tertiary/aromatic N) is 3. The lowest BCUT2D eigenvalue weighted by Gasteiger charge is -2.28. The Balaban J connectivity index is 0.00000128. The number of hydrogen-bond acceptors (Lipinski definition) is 4. The van der Waals surface area contributed by atoms with Gasteiger partial charge >= 0.3 is 0 Å². The number of H-pyrrole nitrogens is 1. The minimum atomic E-state index is 0. The second-order valence-corrected chi connectivity index (χ2v) is 4.84. The van der Waals surface area contributed by atoms with E-state index in [1.165, 1.54) is 6.42 Å². The molecule has 6 heteroatoms. The third-order valence-corrected chi connectivity index (χ3v) is 2.99. The summed E-state index contributed by atoms with van der Waals surface area (Å²) in [5.74, 6) is 0.937. The first kappa shape index (κ1) is 13.4. The van der Waals surface area contributed by atoms with Crippen molar-refractivity contribution in [3.8, 4) is 0 Å². The molecule has 0 bridgehead atoms. The highest BCUT2D eigenvalue weighted by atomic mass is 35.5. The fraction of sp³-hybridized carbons (Fsp3) is 0.800. The standard InChI is InChI=1S/C10H19N5.ClH/c1-10(3-4-11-6-10)7-15(2)5-9-12-8-13-14-9;/h8,11H,3-7H2,1-2H3,(H,12,13,14);1H. The molecule has 1 atom stereocenters. The second kappa shape index (κ2) is 5.61. The van der Waals surface area contributed by atoms with Crippen LogP contribution in [0, 0.1) is 5.41 Å². The van der Waals surface area contributed by atoms with Gasteiger partial charge in [-0.2, -0.15) is 5.10 Å². The number of aromatic amines is 1. The smallest absolute Gasteiger partial charge is 0.138 e. The van der Waals surface area contributed by atoms with E-state index in [4.69, 9.17) is 0 Å². The first-order valence-electron chi connectivity index (χ1n) is 5.41. The minimum Gasteiger partial charge on any atom is -0.316 e. The Hall–Kier alpha value is -0.650. The Morgan fingerprint density at radius 1 is 1.56 bits per heavy atom. The van der Waals surface area contributed by atoms with Gasteiger partial charge in [0.25, 0.3) is 0 Å². The van der Waals surface area contributed by atoms with E-state index in [2.05, 4.69) is 39.4 Å². The SMILES string of the molecule is CN(Cc1ncn[nH]1)CC1(C)CCNC1.Cl. The summed E-state index contributed by atoms with van der Waals surface area (Å²) in [6.45, 7) is 6.54. The molecule has 1 fully saturated rings. The lowest BCUT2D eigenvalue weighted by molar-refractivity contribution is 0.200. The molecular weight excluding hydrogens is 226 g/mol. The summed E-state index contributed by atoms with van der Waals surface area (Å²) in [4.78, 5) is 6.43. The molecule has 0 aromatic carbocycles. The normalized spacial score (nSPS) is 24.7. The summed E-state index contributed by atoms with van der Waals surface area (Å²) >= 11 is 0. The first-order valence-corrected chi connectivity index (χ1v) is 5.41. The van der Waals surface area contributed by atoms with Crippen LogP contribution >= 0.6 is 12.4 Å². The molecule has 1 aliphatic rings. The molecule has 2 heterocycles. The second-order valence-electron chi connectivity index (χ2n) is 4.84. The van der Waals surface area contributed by atoms with E-state index >= 15 is 0 Å². The molecule has 0 radical (unpaired) electrons. The Kier molecular flexibility index (Phi) is 4.70. The predicted molar refractivity (Wildman–Crippen MR) is 65.6 cm³/mol. The highest BCUT2D eigenvalue weighted by Crippen LogP contribution is 2.25. The molecule has 0 amide bonds. The van der Waals surface area contributed by atoms with Crippen molar-refractivity contribution in [2.45, 2.75) is 19.9 Å². The Bertz CT molecular complexity index is 294. The van der Waals surface area contributed by atoms with E-state index in [1.54, 1.807) is 6.33 Å². The largest absolute Gasteiger partial charge is 0.316 e. The minimum absolute atomic E-state index is 0. The van der Waals surface area contributed by atoms with Crippen LogP contribution in [0.3, 0.4) is 0 Å². The Morgan fingerprint density at radius 2 is 2.38 bits per heavy atom. The summed E-state index contributed by atoms with van der Waals surface area (Å²) in [6.07, 6.45) is 2.82. The molecule has 1 aromatic rings. The van der Waals surface area contributed by atoms with Crippen molar-refractivity contribution in [3.05, 3.63) is 12.2 Å². The summed E-state index contributed by atoms with van der Waals surface area (Å²) < 4.78 is 0. The fourth-order valence-corrected chi connectivity index (χ4v) is 2.27. The van der Waals surface area contributed by atoms with Crippen molar-refractivity contribution >= 4 is 12.4 Å². The first-order chi connectivity index (χ1) is 7.18. The number of hydrogen-bond donors (Lipinski definition) is 2. The lowest BCUT2D eigenvalue weighted by atomic mass is 9.89. The van der Waals surface area contributed by atoms with Gasteiger partial charge in [-0.15, -0.1) is 12.4 Å². The molecule has 0 saturated carbocycles. The van der Waals surface area contributed by atoms with E-state index in [-0.39, 0.29) is 12.4 Å². The molecule has 2 N–H and O–H groups in total. The van der Waals surface area contributed by atoms with Crippen LogP contribution in [0.15, 0.2) is 6.33 Å². The molecular formula is C10H20ClN5. The van der Waals surface area contributed by atoms with E-state index in [0.717, 1.165) is 32.0 Å². The monoisotopic (exact) mass is 245 g/mol. The van der Waals surface area contributed by atoms with Crippen molar-refractivity contribution in [2.24, 2.45) is 5.41 Å². The molecule has 5 nitrogen and oxygen atoms in total. The van der Waals surface area contributed by atoms with Crippen molar-refractivity contribution in [1.29, 1.82) is 0 Å². The maximum Gasteiger partial charge on any atom is 0.138 e. The molecule has 0 aliphatic carbocycles.